The fourth-order valence-electron chi connectivity index (χ4n) is 2.17. The van der Waals surface area contributed by atoms with E-state index in [9.17, 15) is 18.7 Å². The van der Waals surface area contributed by atoms with Crippen LogP contribution in [0.25, 0.3) is 0 Å². The molecule has 1 aliphatic rings. The van der Waals surface area contributed by atoms with Gasteiger partial charge in [-0.3, -0.25) is 0 Å². The summed E-state index contributed by atoms with van der Waals surface area (Å²) >= 11 is 0. The molecule has 0 spiro atoms. The van der Waals surface area contributed by atoms with E-state index in [-0.39, 0.29) is 31.1 Å². The van der Waals surface area contributed by atoms with E-state index in [0.717, 1.165) is 31.0 Å². The molecule has 0 heterocycles. The van der Waals surface area contributed by atoms with Gasteiger partial charge in [-0.15, -0.1) is 0 Å². The molecule has 4 nitrogen and oxygen atoms in total. The van der Waals surface area contributed by atoms with Gasteiger partial charge in [-0.25, -0.2) is 13.6 Å². The number of aliphatic hydroxyl groups excluding tert-OH is 1. The van der Waals surface area contributed by atoms with Crippen LogP contribution in [-0.4, -0.2) is 42.3 Å². The van der Waals surface area contributed by atoms with Crippen molar-refractivity contribution >= 4 is 6.03 Å². The van der Waals surface area contributed by atoms with Crippen LogP contribution < -0.4 is 5.32 Å². The van der Waals surface area contributed by atoms with Crippen molar-refractivity contribution in [2.24, 2.45) is 5.92 Å². The highest BCUT2D eigenvalue weighted by molar-refractivity contribution is 5.73. The Morgan fingerprint density at radius 1 is 1.48 bits per heavy atom. The summed E-state index contributed by atoms with van der Waals surface area (Å²) in [4.78, 5) is 13.2. The van der Waals surface area contributed by atoms with Crippen LogP contribution in [0.3, 0.4) is 0 Å². The number of urea groups is 1. The molecule has 0 bridgehead atoms. The number of benzene rings is 1. The molecule has 2 amide bonds. The van der Waals surface area contributed by atoms with Crippen molar-refractivity contribution in [3.63, 3.8) is 0 Å². The minimum Gasteiger partial charge on any atom is -0.391 e. The maximum absolute atomic E-state index is 13.4. The Morgan fingerprint density at radius 3 is 2.86 bits per heavy atom. The normalized spacial score (nSPS) is 15.6. The fourth-order valence-corrected chi connectivity index (χ4v) is 2.17. The number of carbonyl (C=O) groups is 1. The Kier molecular flexibility index (Phi) is 5.12. The van der Waals surface area contributed by atoms with E-state index in [1.165, 1.54) is 4.90 Å². The number of likely N-dealkylation sites (N-methyl/N-ethyl adjacent to an activating group) is 1. The van der Waals surface area contributed by atoms with Crippen LogP contribution in [-0.2, 0) is 6.42 Å². The first-order chi connectivity index (χ1) is 9.97. The zero-order chi connectivity index (χ0) is 15.4. The molecule has 1 aromatic carbocycles. The second-order valence-corrected chi connectivity index (χ2v) is 5.50. The zero-order valence-corrected chi connectivity index (χ0v) is 12.0. The van der Waals surface area contributed by atoms with Crippen LogP contribution in [0.1, 0.15) is 18.4 Å². The van der Waals surface area contributed by atoms with E-state index in [1.54, 1.807) is 7.05 Å². The first-order valence-corrected chi connectivity index (χ1v) is 7.08. The van der Waals surface area contributed by atoms with E-state index < -0.39 is 17.7 Å². The second kappa shape index (κ2) is 6.85. The number of hydrogen-bond donors (Lipinski definition) is 2. The summed E-state index contributed by atoms with van der Waals surface area (Å²) in [6.07, 6.45) is 1.75. The first kappa shape index (κ1) is 15.7. The molecule has 0 saturated heterocycles. The third kappa shape index (κ3) is 4.67. The van der Waals surface area contributed by atoms with Crippen molar-refractivity contribution in [1.82, 2.24) is 10.2 Å². The Balaban J connectivity index is 1.74. The number of rotatable bonds is 6. The average molecular weight is 298 g/mol. The maximum atomic E-state index is 13.4. The minimum absolute atomic E-state index is 0.211. The largest absolute Gasteiger partial charge is 0.391 e. The third-order valence-electron chi connectivity index (χ3n) is 3.65. The van der Waals surface area contributed by atoms with Crippen molar-refractivity contribution < 1.29 is 18.7 Å². The van der Waals surface area contributed by atoms with Crippen LogP contribution in [0.5, 0.6) is 0 Å². The summed E-state index contributed by atoms with van der Waals surface area (Å²) in [5.74, 6) is -0.674. The maximum Gasteiger partial charge on any atom is 0.317 e. The topological polar surface area (TPSA) is 52.6 Å². The summed E-state index contributed by atoms with van der Waals surface area (Å²) < 4.78 is 26.4. The van der Waals surface area contributed by atoms with E-state index in [4.69, 9.17) is 0 Å². The molecular formula is C15H20F2N2O2. The quantitative estimate of drug-likeness (QED) is 0.843. The van der Waals surface area contributed by atoms with Gasteiger partial charge in [0.25, 0.3) is 0 Å². The van der Waals surface area contributed by atoms with E-state index in [1.807, 2.05) is 0 Å². The molecule has 1 aromatic rings. The fraction of sp³-hybridized carbons (Fsp3) is 0.533. The Hall–Kier alpha value is -1.69. The van der Waals surface area contributed by atoms with Gasteiger partial charge in [-0.2, -0.15) is 0 Å². The molecule has 0 radical (unpaired) electrons. The standard InChI is InChI=1S/C15H20F2N2O2/c1-19(9-14(20)10-2-3-10)15(21)18-7-6-11-8-12(16)4-5-13(11)17/h4-5,8,10,14,20H,2-3,6-7,9H2,1H3,(H,18,21). The molecule has 116 valence electrons. The summed E-state index contributed by atoms with van der Waals surface area (Å²) in [7, 11) is 1.60. The number of carbonyl (C=O) groups excluding carboxylic acids is 1. The molecule has 0 aliphatic heterocycles. The van der Waals surface area contributed by atoms with Crippen molar-refractivity contribution in [3.05, 3.63) is 35.4 Å². The lowest BCUT2D eigenvalue weighted by Gasteiger charge is -2.21. The lowest BCUT2D eigenvalue weighted by molar-refractivity contribution is 0.113. The molecule has 1 aliphatic carbocycles. The van der Waals surface area contributed by atoms with Crippen molar-refractivity contribution in [3.8, 4) is 0 Å². The molecule has 1 unspecified atom stereocenters. The molecule has 1 fully saturated rings. The van der Waals surface area contributed by atoms with Gasteiger partial charge in [0.2, 0.25) is 0 Å². The second-order valence-electron chi connectivity index (χ2n) is 5.50. The summed E-state index contributed by atoms with van der Waals surface area (Å²) in [5.41, 5.74) is 0.232. The van der Waals surface area contributed by atoms with Gasteiger partial charge < -0.3 is 15.3 Å². The number of aliphatic hydroxyl groups is 1. The van der Waals surface area contributed by atoms with Crippen molar-refractivity contribution in [1.29, 1.82) is 0 Å². The Labute approximate surface area is 122 Å². The van der Waals surface area contributed by atoms with E-state index in [0.29, 0.717) is 5.92 Å². The minimum atomic E-state index is -0.498. The van der Waals surface area contributed by atoms with Gasteiger partial charge in [0.05, 0.1) is 6.10 Å². The molecule has 0 aromatic heterocycles. The highest BCUT2D eigenvalue weighted by Crippen LogP contribution is 2.32. The first-order valence-electron chi connectivity index (χ1n) is 7.08. The molecule has 6 heteroatoms. The van der Waals surface area contributed by atoms with Gasteiger partial charge in [-0.1, -0.05) is 0 Å². The Morgan fingerprint density at radius 2 is 2.19 bits per heavy atom. The SMILES string of the molecule is CN(CC(O)C1CC1)C(=O)NCCc1cc(F)ccc1F. The van der Waals surface area contributed by atoms with Crippen LogP contribution in [0.4, 0.5) is 13.6 Å². The summed E-state index contributed by atoms with van der Waals surface area (Å²) in [5, 5.41) is 12.4. The van der Waals surface area contributed by atoms with Gasteiger partial charge in [-0.05, 0) is 48.9 Å². The smallest absolute Gasteiger partial charge is 0.317 e. The predicted octanol–water partition coefficient (Wildman–Crippen LogP) is 1.92. The van der Waals surface area contributed by atoms with E-state index in [2.05, 4.69) is 5.32 Å². The van der Waals surface area contributed by atoms with Gasteiger partial charge in [0.1, 0.15) is 11.6 Å². The number of amides is 2. The van der Waals surface area contributed by atoms with E-state index >= 15 is 0 Å². The van der Waals surface area contributed by atoms with Gasteiger partial charge in [0.15, 0.2) is 0 Å². The zero-order valence-electron chi connectivity index (χ0n) is 12.0. The highest BCUT2D eigenvalue weighted by atomic mass is 19.1. The molecular weight excluding hydrogens is 278 g/mol. The molecule has 2 rings (SSSR count). The lowest BCUT2D eigenvalue weighted by Crippen LogP contribution is -2.42. The summed E-state index contributed by atoms with van der Waals surface area (Å²) in [6, 6.07) is 2.93. The monoisotopic (exact) mass is 298 g/mol. The summed E-state index contributed by atoms with van der Waals surface area (Å²) in [6.45, 7) is 0.494. The number of hydrogen-bond acceptors (Lipinski definition) is 2. The Bertz CT molecular complexity index is 506. The number of nitrogens with zero attached hydrogens (tertiary/aromatic N) is 1. The third-order valence-corrected chi connectivity index (χ3v) is 3.65. The van der Waals surface area contributed by atoms with Crippen LogP contribution in [0.15, 0.2) is 18.2 Å². The number of halogens is 2. The number of nitrogens with one attached hydrogen (secondary N) is 1. The highest BCUT2D eigenvalue weighted by Gasteiger charge is 2.31. The van der Waals surface area contributed by atoms with Gasteiger partial charge in [0, 0.05) is 20.1 Å². The molecule has 1 saturated carbocycles. The van der Waals surface area contributed by atoms with Crippen molar-refractivity contribution in [2.45, 2.75) is 25.4 Å². The van der Waals surface area contributed by atoms with Crippen molar-refractivity contribution in [2.75, 3.05) is 20.1 Å². The van der Waals surface area contributed by atoms with Crippen LogP contribution in [0, 0.1) is 17.6 Å². The van der Waals surface area contributed by atoms with Crippen LogP contribution in [0.2, 0.25) is 0 Å². The van der Waals surface area contributed by atoms with Gasteiger partial charge >= 0.3 is 6.03 Å². The molecule has 1 atom stereocenters. The van der Waals surface area contributed by atoms with Crippen LogP contribution >= 0.6 is 0 Å². The molecule has 2 N–H and O–H groups in total. The predicted molar refractivity (Wildman–Crippen MR) is 74.8 cm³/mol. The lowest BCUT2D eigenvalue weighted by atomic mass is 10.1. The molecule has 21 heavy (non-hydrogen) atoms. The average Bonchev–Trinajstić information content (AvgIpc) is 3.26.